The van der Waals surface area contributed by atoms with Crippen LogP contribution in [0.15, 0.2) is 42.9 Å². The lowest BCUT2D eigenvalue weighted by Crippen LogP contribution is -2.03. The van der Waals surface area contributed by atoms with Crippen molar-refractivity contribution in [2.75, 3.05) is 18.2 Å². The summed E-state index contributed by atoms with van der Waals surface area (Å²) in [4.78, 5) is 12.7. The highest BCUT2D eigenvalue weighted by molar-refractivity contribution is 5.91. The van der Waals surface area contributed by atoms with Gasteiger partial charge in [-0.05, 0) is 23.8 Å². The first-order valence-electron chi connectivity index (χ1n) is 6.49. The van der Waals surface area contributed by atoms with Gasteiger partial charge < -0.3 is 15.8 Å². The number of hydrogen-bond acceptors (Lipinski definition) is 6. The largest absolute Gasteiger partial charge is 0.481 e. The molecule has 2 aromatic heterocycles. The van der Waals surface area contributed by atoms with Gasteiger partial charge in [0.2, 0.25) is 5.88 Å². The second-order valence-corrected chi connectivity index (χ2v) is 4.56. The molecule has 0 aliphatic heterocycles. The fourth-order valence-corrected chi connectivity index (χ4v) is 2.04. The van der Waals surface area contributed by atoms with Gasteiger partial charge in [-0.3, -0.25) is 0 Å². The van der Waals surface area contributed by atoms with Gasteiger partial charge in [0.25, 0.3) is 0 Å². The predicted molar refractivity (Wildman–Crippen MR) is 82.1 cm³/mol. The van der Waals surface area contributed by atoms with Crippen LogP contribution in [0.1, 0.15) is 5.56 Å². The zero-order valence-electron chi connectivity index (χ0n) is 11.6. The van der Waals surface area contributed by atoms with E-state index in [9.17, 15) is 0 Å². The molecule has 3 N–H and O–H groups in total. The first kappa shape index (κ1) is 13.1. The lowest BCUT2D eigenvalue weighted by molar-refractivity contribution is 0.397. The number of aromatic nitrogens is 3. The van der Waals surface area contributed by atoms with Crippen molar-refractivity contribution < 1.29 is 4.74 Å². The van der Waals surface area contributed by atoms with Crippen molar-refractivity contribution in [1.29, 1.82) is 0 Å². The van der Waals surface area contributed by atoms with E-state index in [4.69, 9.17) is 10.5 Å². The number of ether oxygens (including phenoxy) is 1. The van der Waals surface area contributed by atoms with Gasteiger partial charge in [-0.2, -0.15) is 0 Å². The minimum atomic E-state index is 0.596. The molecule has 106 valence electrons. The monoisotopic (exact) mass is 281 g/mol. The van der Waals surface area contributed by atoms with Crippen LogP contribution < -0.4 is 15.8 Å². The van der Waals surface area contributed by atoms with Crippen LogP contribution >= 0.6 is 0 Å². The lowest BCUT2D eigenvalue weighted by atomic mass is 10.2. The van der Waals surface area contributed by atoms with Gasteiger partial charge in [-0.1, -0.05) is 6.07 Å². The molecule has 3 rings (SSSR count). The Labute approximate surface area is 122 Å². The van der Waals surface area contributed by atoms with Crippen molar-refractivity contribution in [1.82, 2.24) is 15.0 Å². The minimum absolute atomic E-state index is 0.596. The molecule has 0 saturated carbocycles. The van der Waals surface area contributed by atoms with Gasteiger partial charge in [-0.25, -0.2) is 15.0 Å². The molecule has 0 amide bonds. The quantitative estimate of drug-likeness (QED) is 0.713. The highest BCUT2D eigenvalue weighted by Gasteiger charge is 2.04. The van der Waals surface area contributed by atoms with Crippen molar-refractivity contribution in [3.05, 3.63) is 48.4 Å². The number of hydrogen-bond donors (Lipinski definition) is 2. The van der Waals surface area contributed by atoms with Crippen LogP contribution in [0.5, 0.6) is 5.88 Å². The van der Waals surface area contributed by atoms with Gasteiger partial charge >= 0.3 is 0 Å². The zero-order chi connectivity index (χ0) is 14.7. The number of nitrogens with two attached hydrogens (primary N) is 1. The molecule has 0 unspecified atom stereocenters. The van der Waals surface area contributed by atoms with E-state index in [0.717, 1.165) is 22.3 Å². The van der Waals surface area contributed by atoms with Gasteiger partial charge in [0.15, 0.2) is 0 Å². The Morgan fingerprint density at radius 3 is 2.81 bits per heavy atom. The molecule has 0 atom stereocenters. The maximum atomic E-state index is 5.82. The summed E-state index contributed by atoms with van der Waals surface area (Å²) < 4.78 is 5.04. The first-order valence-corrected chi connectivity index (χ1v) is 6.49. The fraction of sp³-hybridized carbons (Fsp3) is 0.133. The molecule has 1 aromatic carbocycles. The number of nitrogen functional groups attached to an aromatic ring is 1. The summed E-state index contributed by atoms with van der Waals surface area (Å²) in [6, 6.07) is 9.35. The molecule has 0 radical (unpaired) electrons. The number of methoxy groups -OCH3 is 1. The van der Waals surface area contributed by atoms with Crippen molar-refractivity contribution in [2.45, 2.75) is 6.54 Å². The van der Waals surface area contributed by atoms with E-state index in [0.29, 0.717) is 18.1 Å². The van der Waals surface area contributed by atoms with Crippen LogP contribution in [0.25, 0.3) is 10.9 Å². The van der Waals surface area contributed by atoms with Crippen LogP contribution in [0.3, 0.4) is 0 Å². The summed E-state index contributed by atoms with van der Waals surface area (Å²) in [7, 11) is 1.59. The Hall–Kier alpha value is -2.89. The van der Waals surface area contributed by atoms with Crippen molar-refractivity contribution in [3.8, 4) is 5.88 Å². The summed E-state index contributed by atoms with van der Waals surface area (Å²) >= 11 is 0. The molecule has 0 fully saturated rings. The molecule has 6 heteroatoms. The smallest absolute Gasteiger partial charge is 0.212 e. The average molecular weight is 281 g/mol. The summed E-state index contributed by atoms with van der Waals surface area (Å²) in [5.41, 5.74) is 8.40. The maximum Gasteiger partial charge on any atom is 0.212 e. The Balaban J connectivity index is 1.82. The standard InChI is InChI=1S/C15H15N5O/c1-21-14-5-2-10(7-17-14)8-18-15-12-6-11(16)3-4-13(12)19-9-20-15/h2-7,9H,8,16H2,1H3,(H,18,19,20). The van der Waals surface area contributed by atoms with Crippen molar-refractivity contribution in [2.24, 2.45) is 0 Å². The molecule has 2 heterocycles. The molecular weight excluding hydrogens is 266 g/mol. The molecule has 0 aliphatic carbocycles. The molecule has 6 nitrogen and oxygen atoms in total. The third kappa shape index (κ3) is 2.84. The second-order valence-electron chi connectivity index (χ2n) is 4.56. The Morgan fingerprint density at radius 2 is 2.05 bits per heavy atom. The van der Waals surface area contributed by atoms with Gasteiger partial charge in [0, 0.05) is 29.9 Å². The van der Waals surface area contributed by atoms with Crippen LogP contribution in [0, 0.1) is 0 Å². The number of benzene rings is 1. The van der Waals surface area contributed by atoms with E-state index < -0.39 is 0 Å². The summed E-state index contributed by atoms with van der Waals surface area (Å²) in [6.45, 7) is 0.609. The summed E-state index contributed by atoms with van der Waals surface area (Å²) in [5, 5.41) is 4.18. The Bertz CT molecular complexity index is 758. The van der Waals surface area contributed by atoms with E-state index in [1.165, 1.54) is 6.33 Å². The normalized spacial score (nSPS) is 10.5. The number of rotatable bonds is 4. The van der Waals surface area contributed by atoms with Crippen molar-refractivity contribution in [3.63, 3.8) is 0 Å². The predicted octanol–water partition coefficient (Wildman–Crippen LogP) is 2.23. The lowest BCUT2D eigenvalue weighted by Gasteiger charge is -2.09. The van der Waals surface area contributed by atoms with Gasteiger partial charge in [0.05, 0.1) is 12.6 Å². The van der Waals surface area contributed by atoms with Crippen LogP contribution in [-0.4, -0.2) is 22.1 Å². The molecule has 0 spiro atoms. The molecule has 0 saturated heterocycles. The van der Waals surface area contributed by atoms with E-state index in [-0.39, 0.29) is 0 Å². The molecule has 0 aliphatic rings. The van der Waals surface area contributed by atoms with E-state index >= 15 is 0 Å². The van der Waals surface area contributed by atoms with Gasteiger partial charge in [0.1, 0.15) is 12.1 Å². The third-order valence-electron chi connectivity index (χ3n) is 3.13. The van der Waals surface area contributed by atoms with E-state index in [2.05, 4.69) is 20.3 Å². The molecule has 21 heavy (non-hydrogen) atoms. The summed E-state index contributed by atoms with van der Waals surface area (Å²) in [6.07, 6.45) is 3.30. The fourth-order valence-electron chi connectivity index (χ4n) is 2.04. The van der Waals surface area contributed by atoms with E-state index in [1.54, 1.807) is 13.3 Å². The van der Waals surface area contributed by atoms with Crippen LogP contribution in [0.4, 0.5) is 11.5 Å². The third-order valence-corrected chi connectivity index (χ3v) is 3.13. The van der Waals surface area contributed by atoms with Gasteiger partial charge in [-0.15, -0.1) is 0 Å². The van der Waals surface area contributed by atoms with Crippen LogP contribution in [0.2, 0.25) is 0 Å². The maximum absolute atomic E-state index is 5.82. The molecule has 3 aromatic rings. The highest BCUT2D eigenvalue weighted by Crippen LogP contribution is 2.22. The Kier molecular flexibility index (Phi) is 3.51. The molecular formula is C15H15N5O. The second kappa shape index (κ2) is 5.62. The van der Waals surface area contributed by atoms with Crippen molar-refractivity contribution >= 4 is 22.4 Å². The summed E-state index contributed by atoms with van der Waals surface area (Å²) in [5.74, 6) is 1.35. The number of nitrogens with one attached hydrogen (secondary N) is 1. The first-order chi connectivity index (χ1) is 10.3. The SMILES string of the molecule is COc1ccc(CNc2ncnc3ccc(N)cc23)cn1. The zero-order valence-corrected chi connectivity index (χ0v) is 11.6. The van der Waals surface area contributed by atoms with E-state index in [1.807, 2.05) is 30.3 Å². The number of fused-ring (bicyclic) bond motifs is 1. The number of anilines is 2. The topological polar surface area (TPSA) is 86.0 Å². The molecule has 0 bridgehead atoms. The highest BCUT2D eigenvalue weighted by atomic mass is 16.5. The number of nitrogens with zero attached hydrogens (tertiary/aromatic N) is 3. The minimum Gasteiger partial charge on any atom is -0.481 e. The Morgan fingerprint density at radius 1 is 1.14 bits per heavy atom. The van der Waals surface area contributed by atoms with Crippen LogP contribution in [-0.2, 0) is 6.54 Å². The average Bonchev–Trinajstić information content (AvgIpc) is 2.53. The number of pyridine rings is 1.